The van der Waals surface area contributed by atoms with E-state index in [4.69, 9.17) is 4.74 Å². The van der Waals surface area contributed by atoms with Crippen LogP contribution in [0.4, 0.5) is 11.8 Å². The zero-order chi connectivity index (χ0) is 12.7. The van der Waals surface area contributed by atoms with E-state index >= 15 is 0 Å². The van der Waals surface area contributed by atoms with Crippen molar-refractivity contribution in [3.05, 3.63) is 12.3 Å². The van der Waals surface area contributed by atoms with Gasteiger partial charge in [-0.3, -0.25) is 0 Å². The van der Waals surface area contributed by atoms with Gasteiger partial charge in [-0.1, -0.05) is 13.8 Å². The van der Waals surface area contributed by atoms with Crippen LogP contribution in [-0.2, 0) is 4.74 Å². The highest BCUT2D eigenvalue weighted by Gasteiger charge is 2.13. The average molecular weight is 238 g/mol. The minimum absolute atomic E-state index is 0.254. The van der Waals surface area contributed by atoms with Crippen LogP contribution >= 0.6 is 0 Å². The van der Waals surface area contributed by atoms with E-state index in [1.807, 2.05) is 13.0 Å². The normalized spacial score (nSPS) is 12.5. The largest absolute Gasteiger partial charge is 0.383 e. The van der Waals surface area contributed by atoms with Gasteiger partial charge in [0.1, 0.15) is 5.82 Å². The molecule has 0 bridgehead atoms. The molecule has 5 nitrogen and oxygen atoms in total. The fourth-order valence-electron chi connectivity index (χ4n) is 1.45. The summed E-state index contributed by atoms with van der Waals surface area (Å²) in [5, 5.41) is 6.45. The summed E-state index contributed by atoms with van der Waals surface area (Å²) in [6.45, 7) is 7.81. The zero-order valence-corrected chi connectivity index (χ0v) is 11.0. The molecule has 0 fully saturated rings. The molecule has 1 heterocycles. The van der Waals surface area contributed by atoms with E-state index in [9.17, 15) is 0 Å². The van der Waals surface area contributed by atoms with Crippen LogP contribution in [0.2, 0.25) is 0 Å². The summed E-state index contributed by atoms with van der Waals surface area (Å²) in [6, 6.07) is 2.12. The molecule has 0 radical (unpaired) electrons. The predicted octanol–water partition coefficient (Wildman–Crippen LogP) is 1.99. The second kappa shape index (κ2) is 7.06. The molecule has 0 aromatic carbocycles. The molecule has 0 saturated carbocycles. The Morgan fingerprint density at radius 2 is 2.18 bits per heavy atom. The van der Waals surface area contributed by atoms with Gasteiger partial charge >= 0.3 is 0 Å². The molecule has 0 aliphatic rings. The Morgan fingerprint density at radius 1 is 1.41 bits per heavy atom. The lowest BCUT2D eigenvalue weighted by Gasteiger charge is -2.22. The van der Waals surface area contributed by atoms with E-state index in [2.05, 4.69) is 34.4 Å². The van der Waals surface area contributed by atoms with Crippen LogP contribution in [0.25, 0.3) is 0 Å². The SMILES string of the molecule is CCNc1nccc(NC(COC)C(C)C)n1. The predicted molar refractivity (Wildman–Crippen MR) is 70.3 cm³/mol. The number of anilines is 2. The summed E-state index contributed by atoms with van der Waals surface area (Å²) >= 11 is 0. The number of aromatic nitrogens is 2. The van der Waals surface area contributed by atoms with Gasteiger partial charge in [0.2, 0.25) is 5.95 Å². The van der Waals surface area contributed by atoms with Crippen LogP contribution in [0.3, 0.4) is 0 Å². The minimum atomic E-state index is 0.254. The number of methoxy groups -OCH3 is 1. The van der Waals surface area contributed by atoms with E-state index in [1.165, 1.54) is 0 Å². The Balaban J connectivity index is 2.68. The molecule has 96 valence electrons. The van der Waals surface area contributed by atoms with Crippen molar-refractivity contribution in [3.8, 4) is 0 Å². The van der Waals surface area contributed by atoms with Crippen molar-refractivity contribution in [2.75, 3.05) is 30.9 Å². The molecule has 1 rings (SSSR count). The Morgan fingerprint density at radius 3 is 2.76 bits per heavy atom. The van der Waals surface area contributed by atoms with E-state index in [-0.39, 0.29) is 6.04 Å². The molecule has 0 aliphatic heterocycles. The fraction of sp³-hybridized carbons (Fsp3) is 0.667. The van der Waals surface area contributed by atoms with Crippen LogP contribution in [0.1, 0.15) is 20.8 Å². The van der Waals surface area contributed by atoms with Gasteiger partial charge in [0.05, 0.1) is 12.6 Å². The van der Waals surface area contributed by atoms with Gasteiger partial charge in [0, 0.05) is 19.9 Å². The molecule has 1 aromatic rings. The number of rotatable bonds is 7. The summed E-state index contributed by atoms with van der Waals surface area (Å²) < 4.78 is 5.19. The lowest BCUT2D eigenvalue weighted by atomic mass is 10.1. The Labute approximate surface area is 103 Å². The standard InChI is InChI=1S/C12H22N4O/c1-5-13-12-14-7-6-11(16-12)15-10(8-17-4)9(2)3/h6-7,9-10H,5,8H2,1-4H3,(H2,13,14,15,16). The molecule has 17 heavy (non-hydrogen) atoms. The molecule has 2 N–H and O–H groups in total. The Hall–Kier alpha value is -1.36. The third-order valence-electron chi connectivity index (χ3n) is 2.47. The van der Waals surface area contributed by atoms with Crippen LogP contribution in [0, 0.1) is 5.92 Å². The minimum Gasteiger partial charge on any atom is -0.383 e. The molecule has 1 atom stereocenters. The zero-order valence-electron chi connectivity index (χ0n) is 11.0. The van der Waals surface area contributed by atoms with Crippen LogP contribution in [0.15, 0.2) is 12.3 Å². The van der Waals surface area contributed by atoms with Gasteiger partial charge in [-0.2, -0.15) is 4.98 Å². The van der Waals surface area contributed by atoms with Crippen molar-refractivity contribution in [2.45, 2.75) is 26.8 Å². The molecule has 0 aliphatic carbocycles. The first-order valence-corrected chi connectivity index (χ1v) is 5.99. The van der Waals surface area contributed by atoms with Gasteiger partial charge in [0.25, 0.3) is 0 Å². The molecule has 0 spiro atoms. The highest BCUT2D eigenvalue weighted by molar-refractivity contribution is 5.40. The third-order valence-corrected chi connectivity index (χ3v) is 2.47. The van der Waals surface area contributed by atoms with Crippen LogP contribution < -0.4 is 10.6 Å². The molecule has 1 aromatic heterocycles. The summed E-state index contributed by atoms with van der Waals surface area (Å²) in [4.78, 5) is 8.51. The second-order valence-corrected chi connectivity index (χ2v) is 4.25. The fourth-order valence-corrected chi connectivity index (χ4v) is 1.45. The van der Waals surface area contributed by atoms with Gasteiger partial charge in [0.15, 0.2) is 0 Å². The van der Waals surface area contributed by atoms with Gasteiger partial charge < -0.3 is 15.4 Å². The van der Waals surface area contributed by atoms with Crippen LogP contribution in [-0.4, -0.2) is 36.3 Å². The number of hydrogen-bond donors (Lipinski definition) is 2. The number of nitrogens with one attached hydrogen (secondary N) is 2. The lowest BCUT2D eigenvalue weighted by Crippen LogP contribution is -2.30. The topological polar surface area (TPSA) is 59.1 Å². The monoisotopic (exact) mass is 238 g/mol. The first-order chi connectivity index (χ1) is 8.17. The maximum Gasteiger partial charge on any atom is 0.224 e. The molecule has 1 unspecified atom stereocenters. The summed E-state index contributed by atoms with van der Waals surface area (Å²) in [5.74, 6) is 1.96. The van der Waals surface area contributed by atoms with E-state index in [1.54, 1.807) is 13.3 Å². The lowest BCUT2D eigenvalue weighted by molar-refractivity contribution is 0.171. The molecule has 0 amide bonds. The van der Waals surface area contributed by atoms with Crippen molar-refractivity contribution in [2.24, 2.45) is 5.92 Å². The van der Waals surface area contributed by atoms with Crippen molar-refractivity contribution in [3.63, 3.8) is 0 Å². The van der Waals surface area contributed by atoms with Crippen LogP contribution in [0.5, 0.6) is 0 Å². The van der Waals surface area contributed by atoms with Crippen molar-refractivity contribution in [1.82, 2.24) is 9.97 Å². The smallest absolute Gasteiger partial charge is 0.224 e. The maximum atomic E-state index is 5.19. The van der Waals surface area contributed by atoms with E-state index < -0.39 is 0 Å². The molecular formula is C12H22N4O. The average Bonchev–Trinajstić information content (AvgIpc) is 2.29. The summed E-state index contributed by atoms with van der Waals surface area (Å²) in [5.41, 5.74) is 0. The van der Waals surface area contributed by atoms with Crippen molar-refractivity contribution < 1.29 is 4.74 Å². The highest BCUT2D eigenvalue weighted by atomic mass is 16.5. The highest BCUT2D eigenvalue weighted by Crippen LogP contribution is 2.11. The quantitative estimate of drug-likeness (QED) is 0.760. The molecule has 5 heteroatoms. The van der Waals surface area contributed by atoms with Gasteiger partial charge in [-0.25, -0.2) is 4.98 Å². The maximum absolute atomic E-state index is 5.19. The first kappa shape index (κ1) is 13.7. The Kier molecular flexibility index (Phi) is 5.69. The number of ether oxygens (including phenoxy) is 1. The molecule has 0 saturated heterocycles. The van der Waals surface area contributed by atoms with Gasteiger partial charge in [-0.05, 0) is 18.9 Å². The first-order valence-electron chi connectivity index (χ1n) is 5.99. The van der Waals surface area contributed by atoms with E-state index in [0.717, 1.165) is 12.4 Å². The Bertz CT molecular complexity index is 330. The molecular weight excluding hydrogens is 216 g/mol. The summed E-state index contributed by atoms with van der Waals surface area (Å²) in [7, 11) is 1.71. The number of nitrogens with zero attached hydrogens (tertiary/aromatic N) is 2. The van der Waals surface area contributed by atoms with Crippen molar-refractivity contribution in [1.29, 1.82) is 0 Å². The summed E-state index contributed by atoms with van der Waals surface area (Å²) in [6.07, 6.45) is 1.75. The van der Waals surface area contributed by atoms with Gasteiger partial charge in [-0.15, -0.1) is 0 Å². The van der Waals surface area contributed by atoms with E-state index in [0.29, 0.717) is 18.5 Å². The third kappa shape index (κ3) is 4.56. The van der Waals surface area contributed by atoms with Crippen molar-refractivity contribution >= 4 is 11.8 Å². The number of hydrogen-bond acceptors (Lipinski definition) is 5. The second-order valence-electron chi connectivity index (χ2n) is 4.25.